The summed E-state index contributed by atoms with van der Waals surface area (Å²) in [7, 11) is 1.59. The first-order chi connectivity index (χ1) is 10.1. The van der Waals surface area contributed by atoms with Gasteiger partial charge in [-0.3, -0.25) is 9.78 Å². The van der Waals surface area contributed by atoms with Crippen LogP contribution in [0.1, 0.15) is 17.0 Å². The van der Waals surface area contributed by atoms with E-state index in [1.54, 1.807) is 13.2 Å². The van der Waals surface area contributed by atoms with Gasteiger partial charge in [0.25, 0.3) is 0 Å². The van der Waals surface area contributed by atoms with Gasteiger partial charge in [0.2, 0.25) is 0 Å². The summed E-state index contributed by atoms with van der Waals surface area (Å²) in [5, 5.41) is 9.43. The van der Waals surface area contributed by atoms with Gasteiger partial charge in [0.1, 0.15) is 5.75 Å². The number of methoxy groups -OCH3 is 1. The molecule has 0 saturated heterocycles. The molecule has 0 aliphatic carbocycles. The standard InChI is InChI=1S/C17H19NO3/c1-12-8-16(21-2)11-15(18-12)10-14(17(19)20)9-13-6-4-3-5-7-13/h3-8,11,14H,9-10H2,1-2H3,(H,19,20). The minimum Gasteiger partial charge on any atom is -0.497 e. The van der Waals surface area contributed by atoms with Gasteiger partial charge in [-0.25, -0.2) is 0 Å². The average Bonchev–Trinajstić information content (AvgIpc) is 2.47. The fourth-order valence-corrected chi connectivity index (χ4v) is 2.32. The van der Waals surface area contributed by atoms with Crippen molar-refractivity contribution in [1.29, 1.82) is 0 Å². The molecule has 21 heavy (non-hydrogen) atoms. The maximum atomic E-state index is 11.5. The lowest BCUT2D eigenvalue weighted by Crippen LogP contribution is -2.20. The van der Waals surface area contributed by atoms with E-state index in [0.29, 0.717) is 18.6 Å². The molecular formula is C17H19NO3. The van der Waals surface area contributed by atoms with Gasteiger partial charge in [0, 0.05) is 29.9 Å². The zero-order valence-electron chi connectivity index (χ0n) is 12.2. The Bertz CT molecular complexity index is 611. The molecular weight excluding hydrogens is 266 g/mol. The number of hydrogen-bond donors (Lipinski definition) is 1. The number of benzene rings is 1. The van der Waals surface area contributed by atoms with Crippen LogP contribution in [0.3, 0.4) is 0 Å². The minimum atomic E-state index is -0.805. The summed E-state index contributed by atoms with van der Waals surface area (Å²) < 4.78 is 5.21. The first-order valence-electron chi connectivity index (χ1n) is 6.86. The second kappa shape index (κ2) is 6.88. The summed E-state index contributed by atoms with van der Waals surface area (Å²) in [6.07, 6.45) is 0.885. The average molecular weight is 285 g/mol. The van der Waals surface area contributed by atoms with Gasteiger partial charge < -0.3 is 9.84 Å². The molecule has 2 aromatic rings. The number of nitrogens with zero attached hydrogens (tertiary/aromatic N) is 1. The molecule has 0 radical (unpaired) electrons. The summed E-state index contributed by atoms with van der Waals surface area (Å²) in [5.74, 6) is -0.589. The Balaban J connectivity index is 2.16. The van der Waals surface area contributed by atoms with Crippen molar-refractivity contribution in [2.75, 3.05) is 7.11 Å². The van der Waals surface area contributed by atoms with E-state index < -0.39 is 11.9 Å². The smallest absolute Gasteiger partial charge is 0.307 e. The first-order valence-corrected chi connectivity index (χ1v) is 6.86. The third-order valence-corrected chi connectivity index (χ3v) is 3.35. The van der Waals surface area contributed by atoms with Crippen LogP contribution in [-0.4, -0.2) is 23.2 Å². The zero-order chi connectivity index (χ0) is 15.2. The van der Waals surface area contributed by atoms with Crippen LogP contribution in [-0.2, 0) is 17.6 Å². The van der Waals surface area contributed by atoms with Crippen LogP contribution in [0.25, 0.3) is 0 Å². The fraction of sp³-hybridized carbons (Fsp3) is 0.294. The van der Waals surface area contributed by atoms with Crippen LogP contribution in [0.4, 0.5) is 0 Å². The molecule has 1 aromatic carbocycles. The molecule has 0 amide bonds. The van der Waals surface area contributed by atoms with E-state index in [-0.39, 0.29) is 0 Å². The van der Waals surface area contributed by atoms with Crippen molar-refractivity contribution in [3.05, 3.63) is 59.4 Å². The Labute approximate surface area is 124 Å². The van der Waals surface area contributed by atoms with Crippen molar-refractivity contribution in [1.82, 2.24) is 4.98 Å². The Kier molecular flexibility index (Phi) is 4.93. The van der Waals surface area contributed by atoms with Crippen LogP contribution in [0.15, 0.2) is 42.5 Å². The van der Waals surface area contributed by atoms with E-state index in [0.717, 1.165) is 17.0 Å². The van der Waals surface area contributed by atoms with Gasteiger partial charge in [-0.1, -0.05) is 30.3 Å². The van der Waals surface area contributed by atoms with Crippen LogP contribution < -0.4 is 4.74 Å². The second-order valence-electron chi connectivity index (χ2n) is 5.07. The number of aryl methyl sites for hydroxylation is 1. The van der Waals surface area contributed by atoms with E-state index in [1.165, 1.54) is 0 Å². The SMILES string of the molecule is COc1cc(C)nc(CC(Cc2ccccc2)C(=O)O)c1. The molecule has 0 spiro atoms. The quantitative estimate of drug-likeness (QED) is 0.886. The molecule has 4 heteroatoms. The van der Waals surface area contributed by atoms with Gasteiger partial charge in [0.15, 0.2) is 0 Å². The Morgan fingerprint density at radius 1 is 1.24 bits per heavy atom. The molecule has 0 saturated carbocycles. The summed E-state index contributed by atoms with van der Waals surface area (Å²) in [4.78, 5) is 15.9. The van der Waals surface area contributed by atoms with Crippen molar-refractivity contribution in [3.63, 3.8) is 0 Å². The summed E-state index contributed by atoms with van der Waals surface area (Å²) in [5.41, 5.74) is 2.59. The van der Waals surface area contributed by atoms with E-state index in [1.807, 2.05) is 43.3 Å². The molecule has 1 atom stereocenters. The zero-order valence-corrected chi connectivity index (χ0v) is 12.2. The largest absolute Gasteiger partial charge is 0.497 e. The van der Waals surface area contributed by atoms with Gasteiger partial charge in [-0.2, -0.15) is 0 Å². The van der Waals surface area contributed by atoms with Crippen molar-refractivity contribution in [3.8, 4) is 5.75 Å². The topological polar surface area (TPSA) is 59.4 Å². The maximum absolute atomic E-state index is 11.5. The third kappa shape index (κ3) is 4.31. The Morgan fingerprint density at radius 2 is 1.95 bits per heavy atom. The number of rotatable bonds is 6. The molecule has 4 nitrogen and oxygen atoms in total. The monoisotopic (exact) mass is 285 g/mol. The summed E-state index contributed by atoms with van der Waals surface area (Å²) >= 11 is 0. The lowest BCUT2D eigenvalue weighted by atomic mass is 9.94. The molecule has 0 aliphatic rings. The van der Waals surface area contributed by atoms with E-state index in [9.17, 15) is 9.90 Å². The Hall–Kier alpha value is -2.36. The maximum Gasteiger partial charge on any atom is 0.307 e. The fourth-order valence-electron chi connectivity index (χ4n) is 2.32. The van der Waals surface area contributed by atoms with Gasteiger partial charge in [-0.05, 0) is 18.9 Å². The first kappa shape index (κ1) is 15.0. The number of aliphatic carboxylic acids is 1. The van der Waals surface area contributed by atoms with Crippen LogP contribution in [0.2, 0.25) is 0 Å². The van der Waals surface area contributed by atoms with Gasteiger partial charge in [-0.15, -0.1) is 0 Å². The molecule has 0 fully saturated rings. The van der Waals surface area contributed by atoms with Crippen LogP contribution in [0.5, 0.6) is 5.75 Å². The lowest BCUT2D eigenvalue weighted by Gasteiger charge is -2.13. The van der Waals surface area contributed by atoms with Gasteiger partial charge >= 0.3 is 5.97 Å². The lowest BCUT2D eigenvalue weighted by molar-refractivity contribution is -0.141. The predicted molar refractivity (Wildman–Crippen MR) is 80.5 cm³/mol. The van der Waals surface area contributed by atoms with E-state index >= 15 is 0 Å². The third-order valence-electron chi connectivity index (χ3n) is 3.35. The molecule has 2 rings (SSSR count). The van der Waals surface area contributed by atoms with Crippen molar-refractivity contribution >= 4 is 5.97 Å². The highest BCUT2D eigenvalue weighted by atomic mass is 16.5. The highest BCUT2D eigenvalue weighted by Gasteiger charge is 2.19. The number of carboxylic acid groups (broad SMARTS) is 1. The number of aromatic nitrogens is 1. The van der Waals surface area contributed by atoms with E-state index in [4.69, 9.17) is 4.74 Å². The van der Waals surface area contributed by atoms with Gasteiger partial charge in [0.05, 0.1) is 13.0 Å². The van der Waals surface area contributed by atoms with Crippen molar-refractivity contribution < 1.29 is 14.6 Å². The van der Waals surface area contributed by atoms with Crippen LogP contribution >= 0.6 is 0 Å². The van der Waals surface area contributed by atoms with Crippen LogP contribution in [0, 0.1) is 12.8 Å². The number of ether oxygens (including phenoxy) is 1. The predicted octanol–water partition coefficient (Wildman–Crippen LogP) is 2.88. The molecule has 110 valence electrons. The highest BCUT2D eigenvalue weighted by Crippen LogP contribution is 2.19. The molecule has 1 aromatic heterocycles. The second-order valence-corrected chi connectivity index (χ2v) is 5.07. The highest BCUT2D eigenvalue weighted by molar-refractivity contribution is 5.70. The number of carbonyl (C=O) groups is 1. The molecule has 0 aliphatic heterocycles. The number of hydrogen-bond acceptors (Lipinski definition) is 3. The molecule has 1 unspecified atom stereocenters. The molecule has 1 heterocycles. The van der Waals surface area contributed by atoms with Crippen molar-refractivity contribution in [2.45, 2.75) is 19.8 Å². The molecule has 0 bridgehead atoms. The van der Waals surface area contributed by atoms with Crippen molar-refractivity contribution in [2.24, 2.45) is 5.92 Å². The minimum absolute atomic E-state index is 0.391. The Morgan fingerprint density at radius 3 is 2.57 bits per heavy atom. The van der Waals surface area contributed by atoms with E-state index in [2.05, 4.69) is 4.98 Å². The normalized spacial score (nSPS) is 11.9. The number of pyridine rings is 1. The summed E-state index contributed by atoms with van der Waals surface area (Å²) in [6.45, 7) is 1.87. The molecule has 1 N–H and O–H groups in total. The summed E-state index contributed by atoms with van der Waals surface area (Å²) in [6, 6.07) is 13.3. The number of carboxylic acids is 1.